The smallest absolute Gasteiger partial charge is 0.248 e. The number of aromatic amines is 1. The van der Waals surface area contributed by atoms with E-state index < -0.39 is 0 Å². The molecule has 1 N–H and O–H groups in total. The number of piperidine rings is 1. The van der Waals surface area contributed by atoms with Gasteiger partial charge in [0.05, 0.1) is 6.61 Å². The van der Waals surface area contributed by atoms with E-state index in [2.05, 4.69) is 22.3 Å². The number of H-pyrrole nitrogens is 1. The number of carbonyl (C=O) groups excluding carboxylic acids is 1. The maximum absolute atomic E-state index is 12.3. The van der Waals surface area contributed by atoms with Crippen LogP contribution in [-0.4, -0.2) is 47.3 Å². The quantitative estimate of drug-likeness (QED) is 0.833. The third-order valence-corrected chi connectivity index (χ3v) is 4.34. The molecule has 0 aliphatic carbocycles. The number of rotatable bonds is 6. The molecule has 0 bridgehead atoms. The van der Waals surface area contributed by atoms with E-state index in [0.29, 0.717) is 12.5 Å². The Morgan fingerprint density at radius 3 is 2.96 bits per heavy atom. The van der Waals surface area contributed by atoms with Gasteiger partial charge in [0.1, 0.15) is 6.61 Å². The summed E-state index contributed by atoms with van der Waals surface area (Å²) < 4.78 is 5.57. The molecular weight excluding hydrogens is 290 g/mol. The monoisotopic (exact) mass is 313 g/mol. The predicted octanol–water partition coefficient (Wildman–Crippen LogP) is 2.38. The van der Waals surface area contributed by atoms with E-state index in [1.165, 1.54) is 5.56 Å². The van der Waals surface area contributed by atoms with Gasteiger partial charge in [0, 0.05) is 30.9 Å². The summed E-state index contributed by atoms with van der Waals surface area (Å²) in [4.78, 5) is 14.2. The number of ether oxygens (including phenoxy) is 1. The number of nitrogens with one attached hydrogen (secondary N) is 1. The summed E-state index contributed by atoms with van der Waals surface area (Å²) in [6.45, 7) is 2.32. The maximum Gasteiger partial charge on any atom is 0.248 e. The summed E-state index contributed by atoms with van der Waals surface area (Å²) >= 11 is 0. The van der Waals surface area contributed by atoms with Crippen molar-refractivity contribution >= 4 is 5.91 Å². The molecule has 1 atom stereocenters. The Morgan fingerprint density at radius 1 is 1.30 bits per heavy atom. The van der Waals surface area contributed by atoms with Gasteiger partial charge >= 0.3 is 0 Å². The van der Waals surface area contributed by atoms with E-state index in [-0.39, 0.29) is 12.5 Å². The molecule has 0 radical (unpaired) electrons. The van der Waals surface area contributed by atoms with E-state index in [0.717, 1.165) is 38.0 Å². The Balaban J connectivity index is 1.41. The van der Waals surface area contributed by atoms with Gasteiger partial charge in [0.2, 0.25) is 5.91 Å². The van der Waals surface area contributed by atoms with Crippen molar-refractivity contribution < 1.29 is 9.53 Å². The molecule has 1 amide bonds. The zero-order valence-corrected chi connectivity index (χ0v) is 13.3. The molecule has 1 saturated heterocycles. The summed E-state index contributed by atoms with van der Waals surface area (Å²) in [7, 11) is 0. The van der Waals surface area contributed by atoms with Crippen LogP contribution in [0.5, 0.6) is 0 Å². The Labute approximate surface area is 136 Å². The van der Waals surface area contributed by atoms with Crippen molar-refractivity contribution in [1.82, 2.24) is 15.1 Å². The van der Waals surface area contributed by atoms with Gasteiger partial charge in [0.25, 0.3) is 0 Å². The zero-order valence-electron chi connectivity index (χ0n) is 13.3. The lowest BCUT2D eigenvalue weighted by Crippen LogP contribution is -2.41. The van der Waals surface area contributed by atoms with Gasteiger partial charge in [-0.3, -0.25) is 9.89 Å². The molecular formula is C18H23N3O2. The van der Waals surface area contributed by atoms with Gasteiger partial charge in [-0.1, -0.05) is 30.3 Å². The number of carbonyl (C=O) groups is 1. The molecule has 0 spiro atoms. The fraction of sp³-hybridized carbons (Fsp3) is 0.444. The highest BCUT2D eigenvalue weighted by Crippen LogP contribution is 2.25. The molecule has 1 aromatic carbocycles. The van der Waals surface area contributed by atoms with Crippen LogP contribution in [0.1, 0.15) is 30.0 Å². The molecule has 2 aromatic rings. The molecule has 5 heteroatoms. The molecule has 0 unspecified atom stereocenters. The summed E-state index contributed by atoms with van der Waals surface area (Å²) in [6, 6.07) is 12.2. The first-order valence-electron chi connectivity index (χ1n) is 8.21. The summed E-state index contributed by atoms with van der Waals surface area (Å²) in [5, 5.41) is 7.02. The highest BCUT2D eigenvalue weighted by Gasteiger charge is 2.25. The normalized spacial score (nSPS) is 18.1. The number of benzene rings is 1. The van der Waals surface area contributed by atoms with Gasteiger partial charge in [-0.05, 0) is 30.9 Å². The van der Waals surface area contributed by atoms with Crippen LogP contribution in [0, 0.1) is 0 Å². The number of hydrogen-bond acceptors (Lipinski definition) is 3. The summed E-state index contributed by atoms with van der Waals surface area (Å²) in [6.07, 6.45) is 4.73. The van der Waals surface area contributed by atoms with Crippen LogP contribution < -0.4 is 0 Å². The molecule has 122 valence electrons. The van der Waals surface area contributed by atoms with Crippen molar-refractivity contribution in [3.8, 4) is 0 Å². The topological polar surface area (TPSA) is 58.2 Å². The van der Waals surface area contributed by atoms with E-state index in [9.17, 15) is 4.79 Å². The van der Waals surface area contributed by atoms with E-state index in [1.54, 1.807) is 6.20 Å². The minimum atomic E-state index is 0.0854. The van der Waals surface area contributed by atoms with Crippen LogP contribution in [0.2, 0.25) is 0 Å². The molecule has 5 nitrogen and oxygen atoms in total. The van der Waals surface area contributed by atoms with Crippen LogP contribution >= 0.6 is 0 Å². The third kappa shape index (κ3) is 4.42. The molecule has 0 saturated carbocycles. The largest absolute Gasteiger partial charge is 0.371 e. The zero-order chi connectivity index (χ0) is 15.9. The number of nitrogens with zero attached hydrogens (tertiary/aromatic N) is 2. The standard InChI is InChI=1S/C18H23N3O2/c22-18(14-23-12-9-15-5-2-1-3-6-15)21-11-4-7-16(13-21)17-8-10-19-20-17/h1-3,5-6,8,10,16H,4,7,9,11-14H2,(H,19,20)/t16-/m1/s1. The lowest BCUT2D eigenvalue weighted by atomic mass is 9.95. The lowest BCUT2D eigenvalue weighted by Gasteiger charge is -2.32. The fourth-order valence-corrected chi connectivity index (χ4v) is 3.04. The first kappa shape index (κ1) is 15.7. The first-order chi connectivity index (χ1) is 11.3. The van der Waals surface area contributed by atoms with Crippen LogP contribution in [0.25, 0.3) is 0 Å². The number of likely N-dealkylation sites (tertiary alicyclic amines) is 1. The molecule has 1 aliphatic heterocycles. The molecule has 1 aliphatic rings. The highest BCUT2D eigenvalue weighted by atomic mass is 16.5. The Hall–Kier alpha value is -2.14. The van der Waals surface area contributed by atoms with Crippen molar-refractivity contribution in [2.24, 2.45) is 0 Å². The second-order valence-corrected chi connectivity index (χ2v) is 5.98. The van der Waals surface area contributed by atoms with Crippen LogP contribution in [0.15, 0.2) is 42.6 Å². The predicted molar refractivity (Wildman–Crippen MR) is 88.1 cm³/mol. The lowest BCUT2D eigenvalue weighted by molar-refractivity contribution is -0.137. The van der Waals surface area contributed by atoms with Gasteiger partial charge in [-0.25, -0.2) is 0 Å². The molecule has 1 fully saturated rings. The van der Waals surface area contributed by atoms with Crippen molar-refractivity contribution in [2.75, 3.05) is 26.3 Å². The summed E-state index contributed by atoms with van der Waals surface area (Å²) in [5.74, 6) is 0.446. The maximum atomic E-state index is 12.3. The average Bonchev–Trinajstić information content (AvgIpc) is 3.14. The first-order valence-corrected chi connectivity index (χ1v) is 8.21. The van der Waals surface area contributed by atoms with E-state index in [1.807, 2.05) is 29.2 Å². The second-order valence-electron chi connectivity index (χ2n) is 5.98. The Bertz CT molecular complexity index is 598. The Morgan fingerprint density at radius 2 is 2.17 bits per heavy atom. The fourth-order valence-electron chi connectivity index (χ4n) is 3.04. The van der Waals surface area contributed by atoms with E-state index >= 15 is 0 Å². The van der Waals surface area contributed by atoms with Gasteiger partial charge in [-0.2, -0.15) is 5.10 Å². The van der Waals surface area contributed by atoms with Crippen molar-refractivity contribution in [2.45, 2.75) is 25.2 Å². The SMILES string of the molecule is O=C(COCCc1ccccc1)N1CCC[C@@H](c2ccn[nH]2)C1. The van der Waals surface area contributed by atoms with Gasteiger partial charge in [0.15, 0.2) is 0 Å². The average molecular weight is 313 g/mol. The summed E-state index contributed by atoms with van der Waals surface area (Å²) in [5.41, 5.74) is 2.35. The minimum Gasteiger partial charge on any atom is -0.371 e. The molecule has 3 rings (SSSR count). The second kappa shape index (κ2) is 7.92. The van der Waals surface area contributed by atoms with Crippen LogP contribution in [0.3, 0.4) is 0 Å². The number of aromatic nitrogens is 2. The number of hydrogen-bond donors (Lipinski definition) is 1. The number of amides is 1. The van der Waals surface area contributed by atoms with Crippen LogP contribution in [-0.2, 0) is 16.0 Å². The van der Waals surface area contributed by atoms with Gasteiger partial charge in [-0.15, -0.1) is 0 Å². The third-order valence-electron chi connectivity index (χ3n) is 4.34. The van der Waals surface area contributed by atoms with Gasteiger partial charge < -0.3 is 9.64 Å². The van der Waals surface area contributed by atoms with Crippen LogP contribution in [0.4, 0.5) is 0 Å². The minimum absolute atomic E-state index is 0.0854. The van der Waals surface area contributed by atoms with Crippen molar-refractivity contribution in [3.63, 3.8) is 0 Å². The molecule has 1 aromatic heterocycles. The highest BCUT2D eigenvalue weighted by molar-refractivity contribution is 5.77. The van der Waals surface area contributed by atoms with Crippen molar-refractivity contribution in [1.29, 1.82) is 0 Å². The molecule has 23 heavy (non-hydrogen) atoms. The van der Waals surface area contributed by atoms with Crippen molar-refractivity contribution in [3.05, 3.63) is 53.9 Å². The molecule has 2 heterocycles. The van der Waals surface area contributed by atoms with E-state index in [4.69, 9.17) is 4.74 Å². The Kier molecular flexibility index (Phi) is 5.42.